The standard InChI is InChI=1S/C15H19N3O4S/c1-9-5-7-12(8-6-9)23(21,22)17-14(15(19)20)13-10(2)16-18(4)11(13)3/h5-8,14,17H,1-4H3,(H,19,20). The fourth-order valence-corrected chi connectivity index (χ4v) is 3.54. The average Bonchev–Trinajstić information content (AvgIpc) is 2.70. The molecule has 0 fully saturated rings. The molecule has 0 aliphatic rings. The van der Waals surface area contributed by atoms with Gasteiger partial charge in [-0.25, -0.2) is 8.42 Å². The van der Waals surface area contributed by atoms with Crippen molar-refractivity contribution >= 4 is 16.0 Å². The zero-order chi connectivity index (χ0) is 17.4. The zero-order valence-corrected chi connectivity index (χ0v) is 14.2. The lowest BCUT2D eigenvalue weighted by atomic mass is 10.1. The first kappa shape index (κ1) is 17.2. The summed E-state index contributed by atoms with van der Waals surface area (Å²) in [5.41, 5.74) is 2.35. The predicted molar refractivity (Wildman–Crippen MR) is 84.6 cm³/mol. The third-order valence-electron chi connectivity index (χ3n) is 3.70. The van der Waals surface area contributed by atoms with Crippen molar-refractivity contribution in [2.45, 2.75) is 31.7 Å². The van der Waals surface area contributed by atoms with Gasteiger partial charge in [-0.1, -0.05) is 17.7 Å². The van der Waals surface area contributed by atoms with Gasteiger partial charge in [0.1, 0.15) is 6.04 Å². The molecule has 2 rings (SSSR count). The molecule has 0 radical (unpaired) electrons. The number of benzene rings is 1. The summed E-state index contributed by atoms with van der Waals surface area (Å²) in [6.07, 6.45) is 0. The van der Waals surface area contributed by atoms with Crippen molar-refractivity contribution in [3.05, 3.63) is 46.8 Å². The molecule has 124 valence electrons. The summed E-state index contributed by atoms with van der Waals surface area (Å²) in [4.78, 5) is 11.6. The number of aryl methyl sites for hydroxylation is 3. The van der Waals surface area contributed by atoms with Gasteiger partial charge >= 0.3 is 5.97 Å². The summed E-state index contributed by atoms with van der Waals surface area (Å²) in [5, 5.41) is 13.6. The van der Waals surface area contributed by atoms with Gasteiger partial charge in [-0.05, 0) is 32.9 Å². The first-order valence-corrected chi connectivity index (χ1v) is 8.43. The van der Waals surface area contributed by atoms with Gasteiger partial charge in [-0.3, -0.25) is 9.48 Å². The van der Waals surface area contributed by atoms with Gasteiger partial charge in [0.15, 0.2) is 0 Å². The van der Waals surface area contributed by atoms with Crippen LogP contribution in [0.2, 0.25) is 0 Å². The molecule has 7 nitrogen and oxygen atoms in total. The molecule has 0 amide bonds. The third kappa shape index (κ3) is 3.43. The lowest BCUT2D eigenvalue weighted by Crippen LogP contribution is -2.34. The minimum absolute atomic E-state index is 0.0218. The number of carboxylic acid groups (broad SMARTS) is 1. The Morgan fingerprint density at radius 3 is 2.22 bits per heavy atom. The van der Waals surface area contributed by atoms with Crippen molar-refractivity contribution in [2.75, 3.05) is 0 Å². The number of rotatable bonds is 5. The van der Waals surface area contributed by atoms with Crippen LogP contribution in [-0.4, -0.2) is 29.3 Å². The van der Waals surface area contributed by atoms with E-state index in [1.54, 1.807) is 33.0 Å². The third-order valence-corrected chi connectivity index (χ3v) is 5.14. The van der Waals surface area contributed by atoms with Crippen LogP contribution in [-0.2, 0) is 21.9 Å². The van der Waals surface area contributed by atoms with E-state index in [1.807, 2.05) is 6.92 Å². The maximum Gasteiger partial charge on any atom is 0.326 e. The number of carboxylic acids is 1. The van der Waals surface area contributed by atoms with Crippen molar-refractivity contribution in [1.82, 2.24) is 14.5 Å². The van der Waals surface area contributed by atoms with E-state index in [0.29, 0.717) is 17.0 Å². The van der Waals surface area contributed by atoms with Gasteiger partial charge in [-0.2, -0.15) is 9.82 Å². The van der Waals surface area contributed by atoms with Gasteiger partial charge in [0.2, 0.25) is 10.0 Å². The second kappa shape index (κ2) is 6.13. The monoisotopic (exact) mass is 337 g/mol. The van der Waals surface area contributed by atoms with Gasteiger partial charge in [-0.15, -0.1) is 0 Å². The van der Waals surface area contributed by atoms with Crippen molar-refractivity contribution in [3.63, 3.8) is 0 Å². The Labute approximate surface area is 135 Å². The Bertz CT molecular complexity index is 838. The van der Waals surface area contributed by atoms with Crippen LogP contribution >= 0.6 is 0 Å². The van der Waals surface area contributed by atoms with E-state index in [0.717, 1.165) is 5.56 Å². The predicted octanol–water partition coefficient (Wildman–Crippen LogP) is 1.45. The number of carbonyl (C=O) groups is 1. The van der Waals surface area contributed by atoms with Crippen LogP contribution in [0.3, 0.4) is 0 Å². The van der Waals surface area contributed by atoms with Gasteiger partial charge in [0.05, 0.1) is 10.6 Å². The Hall–Kier alpha value is -2.19. The Morgan fingerprint density at radius 2 is 1.78 bits per heavy atom. The lowest BCUT2D eigenvalue weighted by molar-refractivity contribution is -0.139. The number of nitrogens with zero attached hydrogens (tertiary/aromatic N) is 2. The van der Waals surface area contributed by atoms with Gasteiger partial charge in [0, 0.05) is 18.3 Å². The molecular formula is C15H19N3O4S. The molecule has 1 heterocycles. The summed E-state index contributed by atoms with van der Waals surface area (Å²) in [7, 11) is -2.28. The van der Waals surface area contributed by atoms with Crippen LogP contribution in [0, 0.1) is 20.8 Å². The normalized spacial score (nSPS) is 13.0. The molecule has 8 heteroatoms. The maximum atomic E-state index is 12.5. The molecule has 0 aliphatic carbocycles. The fourth-order valence-electron chi connectivity index (χ4n) is 2.38. The molecule has 1 atom stereocenters. The fraction of sp³-hybridized carbons (Fsp3) is 0.333. The smallest absolute Gasteiger partial charge is 0.326 e. The highest BCUT2D eigenvalue weighted by Gasteiger charge is 2.31. The van der Waals surface area contributed by atoms with E-state index in [2.05, 4.69) is 9.82 Å². The first-order valence-electron chi connectivity index (χ1n) is 6.95. The topological polar surface area (TPSA) is 101 Å². The van der Waals surface area contributed by atoms with Crippen molar-refractivity contribution in [1.29, 1.82) is 0 Å². The Balaban J connectivity index is 2.44. The van der Waals surface area contributed by atoms with Crippen LogP contribution in [0.15, 0.2) is 29.2 Å². The molecule has 23 heavy (non-hydrogen) atoms. The molecule has 0 saturated carbocycles. The van der Waals surface area contributed by atoms with E-state index in [4.69, 9.17) is 0 Å². The van der Waals surface area contributed by atoms with E-state index >= 15 is 0 Å². The Morgan fingerprint density at radius 1 is 1.22 bits per heavy atom. The van der Waals surface area contributed by atoms with Crippen molar-refractivity contribution < 1.29 is 18.3 Å². The van der Waals surface area contributed by atoms with Crippen LogP contribution < -0.4 is 4.72 Å². The molecule has 2 N–H and O–H groups in total. The number of hydrogen-bond donors (Lipinski definition) is 2. The second-order valence-corrected chi connectivity index (χ2v) is 7.13. The highest BCUT2D eigenvalue weighted by atomic mass is 32.2. The lowest BCUT2D eigenvalue weighted by Gasteiger charge is -2.16. The van der Waals surface area contributed by atoms with Crippen LogP contribution in [0.1, 0.15) is 28.6 Å². The van der Waals surface area contributed by atoms with E-state index in [1.165, 1.54) is 16.8 Å². The minimum atomic E-state index is -3.96. The van der Waals surface area contributed by atoms with Crippen LogP contribution in [0.5, 0.6) is 0 Å². The molecule has 0 saturated heterocycles. The van der Waals surface area contributed by atoms with Gasteiger partial charge < -0.3 is 5.11 Å². The first-order chi connectivity index (χ1) is 10.6. The molecule has 2 aromatic rings. The molecule has 0 aliphatic heterocycles. The van der Waals surface area contributed by atoms with E-state index in [-0.39, 0.29) is 4.90 Å². The van der Waals surface area contributed by atoms with Crippen molar-refractivity contribution in [3.8, 4) is 0 Å². The summed E-state index contributed by atoms with van der Waals surface area (Å²) in [5.74, 6) is -1.28. The number of sulfonamides is 1. The molecule has 0 bridgehead atoms. The molecule has 0 spiro atoms. The number of aromatic nitrogens is 2. The highest BCUT2D eigenvalue weighted by Crippen LogP contribution is 2.24. The summed E-state index contributed by atoms with van der Waals surface area (Å²) < 4.78 is 28.7. The zero-order valence-electron chi connectivity index (χ0n) is 13.4. The van der Waals surface area contributed by atoms with Crippen LogP contribution in [0.25, 0.3) is 0 Å². The molecule has 1 unspecified atom stereocenters. The number of nitrogens with one attached hydrogen (secondary N) is 1. The number of hydrogen-bond acceptors (Lipinski definition) is 4. The van der Waals surface area contributed by atoms with E-state index in [9.17, 15) is 18.3 Å². The second-order valence-electron chi connectivity index (χ2n) is 5.41. The van der Waals surface area contributed by atoms with Gasteiger partial charge in [0.25, 0.3) is 0 Å². The quantitative estimate of drug-likeness (QED) is 0.860. The minimum Gasteiger partial charge on any atom is -0.480 e. The summed E-state index contributed by atoms with van der Waals surface area (Å²) in [6.45, 7) is 5.19. The Kier molecular flexibility index (Phi) is 4.58. The van der Waals surface area contributed by atoms with Crippen molar-refractivity contribution in [2.24, 2.45) is 7.05 Å². The SMILES string of the molecule is Cc1ccc(S(=O)(=O)NC(C(=O)O)c2c(C)nn(C)c2C)cc1. The summed E-state index contributed by atoms with van der Waals surface area (Å²) in [6, 6.07) is 4.81. The molecule has 1 aromatic carbocycles. The van der Waals surface area contributed by atoms with Crippen LogP contribution in [0.4, 0.5) is 0 Å². The largest absolute Gasteiger partial charge is 0.480 e. The average molecular weight is 337 g/mol. The summed E-state index contributed by atoms with van der Waals surface area (Å²) >= 11 is 0. The molecular weight excluding hydrogens is 318 g/mol. The maximum absolute atomic E-state index is 12.5. The number of aliphatic carboxylic acids is 1. The molecule has 1 aromatic heterocycles. The van der Waals surface area contributed by atoms with E-state index < -0.39 is 22.0 Å². The highest BCUT2D eigenvalue weighted by molar-refractivity contribution is 7.89.